The molecule has 0 radical (unpaired) electrons. The number of unbranched alkanes of at least 4 members (excludes halogenated alkanes) is 2. The zero-order valence-corrected chi connectivity index (χ0v) is 14.7. The summed E-state index contributed by atoms with van der Waals surface area (Å²) < 4.78 is 54.3. The summed E-state index contributed by atoms with van der Waals surface area (Å²) in [6.07, 6.45) is -0.832. The fourth-order valence-corrected chi connectivity index (χ4v) is 3.34. The highest BCUT2D eigenvalue weighted by Crippen LogP contribution is 2.34. The molecule has 0 fully saturated rings. The quantitative estimate of drug-likeness (QED) is 0.227. The van der Waals surface area contributed by atoms with Crippen molar-refractivity contribution in [3.8, 4) is 5.75 Å². The van der Waals surface area contributed by atoms with Crippen LogP contribution in [0.1, 0.15) is 35.2 Å². The van der Waals surface area contributed by atoms with Gasteiger partial charge in [0.15, 0.2) is 0 Å². The Morgan fingerprint density at radius 2 is 1.73 bits per heavy atom. The number of alkyl halides is 3. The van der Waals surface area contributed by atoms with Crippen LogP contribution in [0.3, 0.4) is 0 Å². The van der Waals surface area contributed by atoms with E-state index in [1.54, 1.807) is 12.1 Å². The van der Waals surface area contributed by atoms with Gasteiger partial charge in [-0.2, -0.15) is 0 Å². The van der Waals surface area contributed by atoms with Crippen LogP contribution in [-0.4, -0.2) is 18.4 Å². The van der Waals surface area contributed by atoms with E-state index in [1.165, 1.54) is 36.0 Å². The molecule has 0 unspecified atom stereocenters. The Kier molecular flexibility index (Phi) is 7.50. The van der Waals surface area contributed by atoms with E-state index >= 15 is 0 Å². The van der Waals surface area contributed by atoms with Crippen molar-refractivity contribution in [1.82, 2.24) is 0 Å². The van der Waals surface area contributed by atoms with Gasteiger partial charge in [0.2, 0.25) is 0 Å². The second-order valence-corrected chi connectivity index (χ2v) is 6.79. The number of hydrogen-bond donors (Lipinski definition) is 0. The molecule has 2 aromatic rings. The SMILES string of the molecule is O=Cc1ccc(SCCCCCc2ccc(F)cc2)c(OC(F)(F)F)c1. The summed E-state index contributed by atoms with van der Waals surface area (Å²) in [5.74, 6) is 0.0268. The Hall–Kier alpha value is -2.02. The second kappa shape index (κ2) is 9.62. The van der Waals surface area contributed by atoms with E-state index in [2.05, 4.69) is 4.74 Å². The van der Waals surface area contributed by atoms with Crippen LogP contribution in [0, 0.1) is 5.82 Å². The van der Waals surface area contributed by atoms with Gasteiger partial charge in [-0.1, -0.05) is 24.6 Å². The van der Waals surface area contributed by atoms with Crippen LogP contribution in [-0.2, 0) is 6.42 Å². The highest BCUT2D eigenvalue weighted by Gasteiger charge is 2.32. The molecule has 0 aromatic heterocycles. The standard InChI is InChI=1S/C19H18F4O2S/c20-16-8-5-14(6-9-16)4-2-1-3-11-26-18-10-7-15(13-24)12-17(18)25-19(21,22)23/h5-10,12-13H,1-4,11H2. The number of rotatable bonds is 9. The Morgan fingerprint density at radius 1 is 1.00 bits per heavy atom. The topological polar surface area (TPSA) is 26.3 Å². The first kappa shape index (κ1) is 20.3. The minimum atomic E-state index is -4.80. The number of carbonyl (C=O) groups excluding carboxylic acids is 1. The highest BCUT2D eigenvalue weighted by atomic mass is 32.2. The van der Waals surface area contributed by atoms with Gasteiger partial charge in [-0.15, -0.1) is 24.9 Å². The summed E-state index contributed by atoms with van der Waals surface area (Å²) in [5.41, 5.74) is 1.19. The zero-order valence-electron chi connectivity index (χ0n) is 13.9. The second-order valence-electron chi connectivity index (χ2n) is 5.66. The number of carbonyl (C=O) groups is 1. The fourth-order valence-electron chi connectivity index (χ4n) is 2.36. The molecular weight excluding hydrogens is 368 g/mol. The number of aryl methyl sites for hydroxylation is 1. The molecular formula is C19H18F4O2S. The molecule has 2 rings (SSSR count). The molecule has 0 heterocycles. The first-order chi connectivity index (χ1) is 12.4. The van der Waals surface area contributed by atoms with Crippen molar-refractivity contribution < 1.29 is 27.1 Å². The number of aldehydes is 1. The van der Waals surface area contributed by atoms with Crippen LogP contribution in [0.2, 0.25) is 0 Å². The molecule has 0 N–H and O–H groups in total. The van der Waals surface area contributed by atoms with Crippen LogP contribution in [0.5, 0.6) is 5.75 Å². The van der Waals surface area contributed by atoms with Gasteiger partial charge < -0.3 is 4.74 Å². The predicted molar refractivity (Wildman–Crippen MR) is 93.2 cm³/mol. The Labute approximate surface area is 153 Å². The van der Waals surface area contributed by atoms with Gasteiger partial charge in [0.1, 0.15) is 17.9 Å². The van der Waals surface area contributed by atoms with Crippen LogP contribution in [0.25, 0.3) is 0 Å². The van der Waals surface area contributed by atoms with Gasteiger partial charge in [0, 0.05) is 10.5 Å². The van der Waals surface area contributed by atoms with Crippen molar-refractivity contribution in [3.63, 3.8) is 0 Å². The molecule has 140 valence electrons. The first-order valence-corrected chi connectivity index (χ1v) is 9.08. The maximum atomic E-state index is 12.8. The number of benzene rings is 2. The molecule has 0 saturated carbocycles. The van der Waals surface area contributed by atoms with Gasteiger partial charge in [0.25, 0.3) is 0 Å². The molecule has 0 saturated heterocycles. The Balaban J connectivity index is 1.79. The molecule has 2 aromatic carbocycles. The third-order valence-corrected chi connectivity index (χ3v) is 4.75. The van der Waals surface area contributed by atoms with Gasteiger partial charge in [-0.05, 0) is 54.8 Å². The fraction of sp³-hybridized carbons (Fsp3) is 0.316. The number of hydrogen-bond acceptors (Lipinski definition) is 3. The van der Waals surface area contributed by atoms with Crippen LogP contribution in [0.15, 0.2) is 47.4 Å². The molecule has 0 bridgehead atoms. The third-order valence-electron chi connectivity index (χ3n) is 3.61. The van der Waals surface area contributed by atoms with Crippen LogP contribution < -0.4 is 4.74 Å². The maximum absolute atomic E-state index is 12.8. The summed E-state index contributed by atoms with van der Waals surface area (Å²) in [5, 5.41) is 0. The number of thioether (sulfide) groups is 1. The summed E-state index contributed by atoms with van der Waals surface area (Å²) in [4.78, 5) is 11.1. The van der Waals surface area contributed by atoms with E-state index < -0.39 is 6.36 Å². The minimum Gasteiger partial charge on any atom is -0.405 e. The van der Waals surface area contributed by atoms with Crippen molar-refractivity contribution in [3.05, 3.63) is 59.4 Å². The summed E-state index contributed by atoms with van der Waals surface area (Å²) in [6, 6.07) is 10.4. The van der Waals surface area contributed by atoms with Gasteiger partial charge >= 0.3 is 6.36 Å². The van der Waals surface area contributed by atoms with Crippen molar-refractivity contribution in [2.24, 2.45) is 0 Å². The van der Waals surface area contributed by atoms with Crippen molar-refractivity contribution in [1.29, 1.82) is 0 Å². The van der Waals surface area contributed by atoms with Crippen molar-refractivity contribution >= 4 is 18.0 Å². The molecule has 0 amide bonds. The van der Waals surface area contributed by atoms with Crippen molar-refractivity contribution in [2.45, 2.75) is 36.9 Å². The van der Waals surface area contributed by atoms with E-state index in [4.69, 9.17) is 0 Å². The predicted octanol–water partition coefficient (Wildman–Crippen LogP) is 6.04. The molecule has 26 heavy (non-hydrogen) atoms. The lowest BCUT2D eigenvalue weighted by molar-refractivity contribution is -0.275. The zero-order chi connectivity index (χ0) is 19.0. The normalized spacial score (nSPS) is 11.4. The molecule has 0 aliphatic rings. The molecule has 0 aliphatic heterocycles. The van der Waals surface area contributed by atoms with E-state index in [9.17, 15) is 22.4 Å². The largest absolute Gasteiger partial charge is 0.573 e. The molecule has 2 nitrogen and oxygen atoms in total. The summed E-state index contributed by atoms with van der Waals surface area (Å²) >= 11 is 1.26. The van der Waals surface area contributed by atoms with Crippen LogP contribution >= 0.6 is 11.8 Å². The highest BCUT2D eigenvalue weighted by molar-refractivity contribution is 7.99. The first-order valence-electron chi connectivity index (χ1n) is 8.09. The van der Waals surface area contributed by atoms with E-state index in [0.29, 0.717) is 16.9 Å². The summed E-state index contributed by atoms with van der Waals surface area (Å²) in [7, 11) is 0. The lowest BCUT2D eigenvalue weighted by Gasteiger charge is -2.13. The lowest BCUT2D eigenvalue weighted by atomic mass is 10.1. The van der Waals surface area contributed by atoms with Gasteiger partial charge in [-0.25, -0.2) is 4.39 Å². The molecule has 7 heteroatoms. The monoisotopic (exact) mass is 386 g/mol. The Morgan fingerprint density at radius 3 is 2.38 bits per heavy atom. The Bertz CT molecular complexity index is 714. The van der Waals surface area contributed by atoms with Gasteiger partial charge in [0.05, 0.1) is 0 Å². The van der Waals surface area contributed by atoms with Crippen molar-refractivity contribution in [2.75, 3.05) is 5.75 Å². The average Bonchev–Trinajstić information content (AvgIpc) is 2.59. The van der Waals surface area contributed by atoms with E-state index in [1.807, 2.05) is 0 Å². The maximum Gasteiger partial charge on any atom is 0.573 e. The van der Waals surface area contributed by atoms with E-state index in [0.717, 1.165) is 37.3 Å². The molecule has 0 atom stereocenters. The van der Waals surface area contributed by atoms with E-state index in [-0.39, 0.29) is 17.1 Å². The molecule has 0 spiro atoms. The number of halogens is 4. The average molecular weight is 386 g/mol. The lowest BCUT2D eigenvalue weighted by Crippen LogP contribution is -2.17. The third kappa shape index (κ3) is 7.07. The van der Waals surface area contributed by atoms with Crippen LogP contribution in [0.4, 0.5) is 17.6 Å². The minimum absolute atomic E-state index is 0.132. The molecule has 0 aliphatic carbocycles. The number of ether oxygens (including phenoxy) is 1. The summed E-state index contributed by atoms with van der Waals surface area (Å²) in [6.45, 7) is 0. The smallest absolute Gasteiger partial charge is 0.405 e. The van der Waals surface area contributed by atoms with Gasteiger partial charge in [-0.3, -0.25) is 4.79 Å².